The quantitative estimate of drug-likeness (QED) is 0.803. The molecule has 0 bridgehead atoms. The van der Waals surface area contributed by atoms with E-state index < -0.39 is 0 Å². The van der Waals surface area contributed by atoms with Crippen LogP contribution in [0.15, 0.2) is 28.7 Å². The van der Waals surface area contributed by atoms with Gasteiger partial charge in [0.25, 0.3) is 0 Å². The van der Waals surface area contributed by atoms with E-state index in [9.17, 15) is 0 Å². The molecule has 0 aliphatic rings. The van der Waals surface area contributed by atoms with Crippen molar-refractivity contribution in [3.8, 4) is 0 Å². The number of nitrogens with two attached hydrogens (primary N) is 1. The van der Waals surface area contributed by atoms with Crippen LogP contribution in [0.1, 0.15) is 12.5 Å². The molecule has 2 N–H and O–H groups in total. The van der Waals surface area contributed by atoms with Crippen molar-refractivity contribution < 1.29 is 0 Å². The minimum Gasteiger partial charge on any atom is -0.328 e. The summed E-state index contributed by atoms with van der Waals surface area (Å²) in [7, 11) is 0. The summed E-state index contributed by atoms with van der Waals surface area (Å²) >= 11 is 3.47. The fourth-order valence-corrected chi connectivity index (χ4v) is 1.46. The lowest BCUT2D eigenvalue weighted by Gasteiger charge is -2.06. The standard InChI is InChI=1S/C9H12BrN/c1-7(11)6-8-4-2-3-5-9(8)10/h2-5,7H,6,11H2,1H3. The van der Waals surface area contributed by atoms with Crippen molar-refractivity contribution in [3.05, 3.63) is 34.3 Å². The number of benzene rings is 1. The van der Waals surface area contributed by atoms with E-state index in [2.05, 4.69) is 22.0 Å². The Labute approximate surface area is 75.7 Å². The molecule has 1 atom stereocenters. The summed E-state index contributed by atoms with van der Waals surface area (Å²) in [6.07, 6.45) is 0.932. The van der Waals surface area contributed by atoms with E-state index in [1.165, 1.54) is 5.56 Å². The van der Waals surface area contributed by atoms with Gasteiger partial charge in [-0.1, -0.05) is 34.1 Å². The van der Waals surface area contributed by atoms with Crippen molar-refractivity contribution in [2.75, 3.05) is 0 Å². The largest absolute Gasteiger partial charge is 0.328 e. The van der Waals surface area contributed by atoms with Crippen LogP contribution in [0.3, 0.4) is 0 Å². The van der Waals surface area contributed by atoms with Crippen LogP contribution in [0.5, 0.6) is 0 Å². The van der Waals surface area contributed by atoms with Gasteiger partial charge in [0.05, 0.1) is 0 Å². The van der Waals surface area contributed by atoms with Gasteiger partial charge in [-0.25, -0.2) is 0 Å². The maximum atomic E-state index is 5.67. The lowest BCUT2D eigenvalue weighted by Crippen LogP contribution is -2.17. The van der Waals surface area contributed by atoms with Crippen LogP contribution < -0.4 is 5.73 Å². The van der Waals surface area contributed by atoms with Crippen molar-refractivity contribution in [2.24, 2.45) is 5.73 Å². The zero-order chi connectivity index (χ0) is 8.27. The lowest BCUT2D eigenvalue weighted by atomic mass is 10.1. The van der Waals surface area contributed by atoms with Crippen LogP contribution in [0.4, 0.5) is 0 Å². The molecule has 1 rings (SSSR count). The van der Waals surface area contributed by atoms with Crippen molar-refractivity contribution in [3.63, 3.8) is 0 Å². The summed E-state index contributed by atoms with van der Waals surface area (Å²) in [5.41, 5.74) is 6.95. The van der Waals surface area contributed by atoms with Crippen molar-refractivity contribution in [1.82, 2.24) is 0 Å². The summed E-state index contributed by atoms with van der Waals surface area (Å²) in [5, 5.41) is 0. The first-order chi connectivity index (χ1) is 5.20. The minimum atomic E-state index is 0.230. The maximum Gasteiger partial charge on any atom is 0.0207 e. The number of halogens is 1. The first-order valence-corrected chi connectivity index (χ1v) is 4.48. The fraction of sp³-hybridized carbons (Fsp3) is 0.333. The van der Waals surface area contributed by atoms with Gasteiger partial charge in [0, 0.05) is 10.5 Å². The molecule has 60 valence electrons. The average Bonchev–Trinajstić information content (AvgIpc) is 1.93. The van der Waals surface area contributed by atoms with Gasteiger partial charge in [-0.2, -0.15) is 0 Å². The highest BCUT2D eigenvalue weighted by Gasteiger charge is 2.00. The molecule has 1 nitrogen and oxygen atoms in total. The number of rotatable bonds is 2. The van der Waals surface area contributed by atoms with Crippen LogP contribution in [-0.4, -0.2) is 6.04 Å². The van der Waals surface area contributed by atoms with Gasteiger partial charge in [0.1, 0.15) is 0 Å². The molecule has 0 radical (unpaired) electrons. The van der Waals surface area contributed by atoms with Crippen molar-refractivity contribution in [2.45, 2.75) is 19.4 Å². The van der Waals surface area contributed by atoms with Crippen LogP contribution >= 0.6 is 15.9 Å². The molecule has 0 aliphatic heterocycles. The Morgan fingerprint density at radius 3 is 2.64 bits per heavy atom. The topological polar surface area (TPSA) is 26.0 Å². The van der Waals surface area contributed by atoms with Gasteiger partial charge in [0.15, 0.2) is 0 Å². The fourth-order valence-electron chi connectivity index (χ4n) is 1.01. The van der Waals surface area contributed by atoms with Crippen LogP contribution in [-0.2, 0) is 6.42 Å². The Morgan fingerprint density at radius 1 is 1.45 bits per heavy atom. The highest BCUT2D eigenvalue weighted by atomic mass is 79.9. The molecule has 0 amide bonds. The number of hydrogen-bond acceptors (Lipinski definition) is 1. The van der Waals surface area contributed by atoms with E-state index in [1.54, 1.807) is 0 Å². The molecule has 0 saturated heterocycles. The van der Waals surface area contributed by atoms with E-state index >= 15 is 0 Å². The van der Waals surface area contributed by atoms with Crippen molar-refractivity contribution >= 4 is 15.9 Å². The molecule has 0 spiro atoms. The first-order valence-electron chi connectivity index (χ1n) is 3.69. The second-order valence-corrected chi connectivity index (χ2v) is 3.63. The number of hydrogen-bond donors (Lipinski definition) is 1. The molecule has 0 aromatic heterocycles. The third kappa shape index (κ3) is 2.64. The molecular weight excluding hydrogens is 202 g/mol. The minimum absolute atomic E-state index is 0.230. The predicted octanol–water partition coefficient (Wildman–Crippen LogP) is 2.34. The second kappa shape index (κ2) is 3.88. The molecule has 2 heteroatoms. The summed E-state index contributed by atoms with van der Waals surface area (Å²) in [6.45, 7) is 2.01. The maximum absolute atomic E-state index is 5.67. The van der Waals surface area contributed by atoms with Crippen molar-refractivity contribution in [1.29, 1.82) is 0 Å². The van der Waals surface area contributed by atoms with Gasteiger partial charge in [-0.3, -0.25) is 0 Å². The summed E-state index contributed by atoms with van der Waals surface area (Å²) in [4.78, 5) is 0. The summed E-state index contributed by atoms with van der Waals surface area (Å²) < 4.78 is 1.15. The lowest BCUT2D eigenvalue weighted by molar-refractivity contribution is 0.736. The van der Waals surface area contributed by atoms with Crippen LogP contribution in [0, 0.1) is 0 Å². The smallest absolute Gasteiger partial charge is 0.0207 e. The molecular formula is C9H12BrN. The third-order valence-corrected chi connectivity index (χ3v) is 2.27. The SMILES string of the molecule is CC(N)Cc1ccccc1Br. The molecule has 0 fully saturated rings. The van der Waals surface area contributed by atoms with Crippen LogP contribution in [0.2, 0.25) is 0 Å². The van der Waals surface area contributed by atoms with Gasteiger partial charge in [0.2, 0.25) is 0 Å². The summed E-state index contributed by atoms with van der Waals surface area (Å²) in [5.74, 6) is 0. The predicted molar refractivity (Wildman–Crippen MR) is 51.5 cm³/mol. The zero-order valence-electron chi connectivity index (χ0n) is 6.55. The second-order valence-electron chi connectivity index (χ2n) is 2.77. The molecule has 1 aromatic rings. The highest BCUT2D eigenvalue weighted by molar-refractivity contribution is 9.10. The molecule has 0 saturated carbocycles. The monoisotopic (exact) mass is 213 g/mol. The van der Waals surface area contributed by atoms with Gasteiger partial charge >= 0.3 is 0 Å². The Morgan fingerprint density at radius 2 is 2.09 bits per heavy atom. The third-order valence-electron chi connectivity index (χ3n) is 1.50. The summed E-state index contributed by atoms with van der Waals surface area (Å²) in [6, 6.07) is 8.40. The van der Waals surface area contributed by atoms with Crippen LogP contribution in [0.25, 0.3) is 0 Å². The van der Waals surface area contributed by atoms with Gasteiger partial charge in [-0.15, -0.1) is 0 Å². The Bertz CT molecular complexity index is 233. The Kier molecular flexibility index (Phi) is 3.09. The van der Waals surface area contributed by atoms with E-state index in [1.807, 2.05) is 25.1 Å². The molecule has 0 heterocycles. The normalized spacial score (nSPS) is 13.0. The van der Waals surface area contributed by atoms with E-state index in [4.69, 9.17) is 5.73 Å². The molecule has 1 unspecified atom stereocenters. The Balaban J connectivity index is 2.78. The van der Waals surface area contributed by atoms with E-state index in [0.717, 1.165) is 10.9 Å². The molecule has 11 heavy (non-hydrogen) atoms. The zero-order valence-corrected chi connectivity index (χ0v) is 8.14. The molecule has 0 aliphatic carbocycles. The van der Waals surface area contributed by atoms with Gasteiger partial charge < -0.3 is 5.73 Å². The first kappa shape index (κ1) is 8.75. The Hall–Kier alpha value is -0.340. The van der Waals surface area contributed by atoms with E-state index in [0.29, 0.717) is 0 Å². The van der Waals surface area contributed by atoms with E-state index in [-0.39, 0.29) is 6.04 Å². The average molecular weight is 214 g/mol. The molecule has 1 aromatic carbocycles. The highest BCUT2D eigenvalue weighted by Crippen LogP contribution is 2.16. The van der Waals surface area contributed by atoms with Gasteiger partial charge in [-0.05, 0) is 25.0 Å².